The van der Waals surface area contributed by atoms with E-state index in [1.807, 2.05) is 18.2 Å². The third-order valence-corrected chi connectivity index (χ3v) is 8.12. The molecule has 2 saturated heterocycles. The fourth-order valence-corrected chi connectivity index (χ4v) is 5.98. The monoisotopic (exact) mass is 526 g/mol. The van der Waals surface area contributed by atoms with Gasteiger partial charge in [-0.1, -0.05) is 30.9 Å². The van der Waals surface area contributed by atoms with E-state index in [0.29, 0.717) is 50.0 Å². The molecule has 2 aliphatic heterocycles. The van der Waals surface area contributed by atoms with Crippen molar-refractivity contribution in [1.82, 2.24) is 20.1 Å². The van der Waals surface area contributed by atoms with Crippen molar-refractivity contribution in [1.29, 1.82) is 0 Å². The summed E-state index contributed by atoms with van der Waals surface area (Å²) in [6, 6.07) is 6.52. The van der Waals surface area contributed by atoms with Crippen LogP contribution in [0.15, 0.2) is 24.3 Å². The van der Waals surface area contributed by atoms with Gasteiger partial charge in [0, 0.05) is 60.8 Å². The number of fused-ring (bicyclic) bond motifs is 1. The Kier molecular flexibility index (Phi) is 7.69. The number of amides is 4. The number of aromatic nitrogens is 1. The minimum Gasteiger partial charge on any atom is -0.384 e. The molecule has 9 nitrogen and oxygen atoms in total. The number of pyridine rings is 1. The van der Waals surface area contributed by atoms with Crippen LogP contribution in [-0.4, -0.2) is 71.4 Å². The summed E-state index contributed by atoms with van der Waals surface area (Å²) >= 11 is 6.14. The molecule has 0 unspecified atom stereocenters. The Hall–Kier alpha value is -3.07. The second-order valence-electron chi connectivity index (χ2n) is 10.4. The van der Waals surface area contributed by atoms with Crippen LogP contribution >= 0.6 is 11.6 Å². The predicted molar refractivity (Wildman–Crippen MR) is 144 cm³/mol. The van der Waals surface area contributed by atoms with Gasteiger partial charge in [0.05, 0.1) is 5.52 Å². The molecule has 0 radical (unpaired) electrons. The van der Waals surface area contributed by atoms with E-state index in [4.69, 9.17) is 17.3 Å². The largest absolute Gasteiger partial charge is 0.384 e. The van der Waals surface area contributed by atoms with E-state index in [1.54, 1.807) is 11.0 Å². The number of rotatable bonds is 3. The molecule has 4 amide bonds. The lowest BCUT2D eigenvalue weighted by Gasteiger charge is -2.37. The Bertz CT molecular complexity index is 1170. The maximum absolute atomic E-state index is 13.3. The minimum atomic E-state index is -0.658. The number of nitrogens with one attached hydrogen (secondary N) is 1. The van der Waals surface area contributed by atoms with Gasteiger partial charge in [0.15, 0.2) is 0 Å². The molecule has 0 bridgehead atoms. The van der Waals surface area contributed by atoms with Crippen molar-refractivity contribution in [2.75, 3.05) is 43.4 Å². The van der Waals surface area contributed by atoms with Crippen LogP contribution in [0.1, 0.15) is 51.4 Å². The van der Waals surface area contributed by atoms with Crippen LogP contribution in [0.3, 0.4) is 0 Å². The molecule has 3 aliphatic rings. The van der Waals surface area contributed by atoms with Crippen LogP contribution in [0.4, 0.5) is 16.3 Å². The molecular formula is C27H35ClN6O3. The van der Waals surface area contributed by atoms with E-state index in [-0.39, 0.29) is 23.8 Å². The topological polar surface area (TPSA) is 112 Å². The van der Waals surface area contributed by atoms with Crippen molar-refractivity contribution < 1.29 is 14.4 Å². The zero-order valence-corrected chi connectivity index (χ0v) is 21.9. The highest BCUT2D eigenvalue weighted by atomic mass is 35.5. The molecule has 1 atom stereocenters. The molecule has 3 N–H and O–H groups in total. The summed E-state index contributed by atoms with van der Waals surface area (Å²) in [5, 5.41) is 4.51. The second kappa shape index (κ2) is 11.1. The summed E-state index contributed by atoms with van der Waals surface area (Å²) < 4.78 is 0. The maximum Gasteiger partial charge on any atom is 0.318 e. The van der Waals surface area contributed by atoms with Crippen LogP contribution in [0.5, 0.6) is 0 Å². The van der Waals surface area contributed by atoms with Gasteiger partial charge < -0.3 is 20.9 Å². The summed E-state index contributed by atoms with van der Waals surface area (Å²) in [6.07, 6.45) is 7.10. The van der Waals surface area contributed by atoms with Gasteiger partial charge in [0.2, 0.25) is 5.91 Å². The number of hydrogen-bond donors (Lipinski definition) is 2. The Labute approximate surface area is 222 Å². The van der Waals surface area contributed by atoms with E-state index in [9.17, 15) is 14.4 Å². The van der Waals surface area contributed by atoms with Gasteiger partial charge in [-0.15, -0.1) is 0 Å². The first-order valence-electron chi connectivity index (χ1n) is 13.4. The van der Waals surface area contributed by atoms with Crippen LogP contribution in [-0.2, 0) is 9.59 Å². The lowest BCUT2D eigenvalue weighted by Crippen LogP contribution is -2.57. The number of likely N-dealkylation sites (tertiary alicyclic amines) is 1. The number of nitrogens with zero attached hydrogens (tertiary/aromatic N) is 4. The average molecular weight is 527 g/mol. The van der Waals surface area contributed by atoms with Crippen LogP contribution in [0.2, 0.25) is 5.02 Å². The molecule has 5 rings (SSSR count). The lowest BCUT2D eigenvalue weighted by atomic mass is 9.88. The normalized spacial score (nSPS) is 21.7. The van der Waals surface area contributed by atoms with Gasteiger partial charge in [-0.3, -0.25) is 14.5 Å². The highest BCUT2D eigenvalue weighted by Gasteiger charge is 2.36. The van der Waals surface area contributed by atoms with E-state index in [1.165, 1.54) is 4.90 Å². The molecule has 1 aliphatic carbocycles. The van der Waals surface area contributed by atoms with Crippen molar-refractivity contribution in [3.05, 3.63) is 29.3 Å². The standard InChI is InChI=1S/C27H35ClN6O3/c28-19-9-10-20-22(16-19)30-24(29)17-23(20)32-12-14-33(15-13-32)27(37)31-21-8-4-5-11-34(26(21)36)25(35)18-6-2-1-3-7-18/h9-10,16-18,21H,1-8,11-15H2,(H2,29,30)(H,31,37)/t21-/m0/s1. The van der Waals surface area contributed by atoms with Crippen LogP contribution in [0.25, 0.3) is 10.9 Å². The number of benzene rings is 1. The Balaban J connectivity index is 1.21. The number of anilines is 2. The van der Waals surface area contributed by atoms with Gasteiger partial charge in [0.25, 0.3) is 5.91 Å². The molecule has 198 valence electrons. The first kappa shape index (κ1) is 25.6. The molecule has 3 fully saturated rings. The fraction of sp³-hybridized carbons (Fsp3) is 0.556. The number of nitrogen functional groups attached to an aromatic ring is 1. The molecule has 3 heterocycles. The number of hydrogen-bond acceptors (Lipinski definition) is 6. The summed E-state index contributed by atoms with van der Waals surface area (Å²) in [7, 11) is 0. The molecule has 0 spiro atoms. The predicted octanol–water partition coefficient (Wildman–Crippen LogP) is 3.79. The lowest BCUT2D eigenvalue weighted by molar-refractivity contribution is -0.148. The number of carbonyl (C=O) groups excluding carboxylic acids is 3. The molecule has 10 heteroatoms. The molecule has 1 aromatic carbocycles. The van der Waals surface area contributed by atoms with Crippen molar-refractivity contribution in [3.63, 3.8) is 0 Å². The van der Waals surface area contributed by atoms with Crippen molar-refractivity contribution in [2.45, 2.75) is 57.4 Å². The Morgan fingerprint density at radius 3 is 2.43 bits per heavy atom. The number of piperazine rings is 1. The number of imide groups is 1. The van der Waals surface area contributed by atoms with Gasteiger partial charge in [-0.05, 0) is 50.3 Å². The number of nitrogens with two attached hydrogens (primary N) is 1. The van der Waals surface area contributed by atoms with E-state index >= 15 is 0 Å². The first-order chi connectivity index (χ1) is 17.9. The zero-order chi connectivity index (χ0) is 25.9. The van der Waals surface area contributed by atoms with Crippen molar-refractivity contribution in [2.24, 2.45) is 5.92 Å². The number of carbonyl (C=O) groups is 3. The summed E-state index contributed by atoms with van der Waals surface area (Å²) in [6.45, 7) is 2.72. The van der Waals surface area contributed by atoms with Gasteiger partial charge >= 0.3 is 6.03 Å². The van der Waals surface area contributed by atoms with E-state index < -0.39 is 6.04 Å². The molecular weight excluding hydrogens is 492 g/mol. The fourth-order valence-electron chi connectivity index (χ4n) is 5.82. The SMILES string of the molecule is Nc1cc(N2CCN(C(=O)N[C@H]3CCCCN(C(=O)C4CCCCC4)C3=O)CC2)c2ccc(Cl)cc2n1. The van der Waals surface area contributed by atoms with E-state index in [2.05, 4.69) is 15.2 Å². The molecule has 1 saturated carbocycles. The van der Waals surface area contributed by atoms with Crippen molar-refractivity contribution >= 4 is 51.9 Å². The average Bonchev–Trinajstić information content (AvgIpc) is 3.09. The Morgan fingerprint density at radius 2 is 1.68 bits per heavy atom. The van der Waals surface area contributed by atoms with Crippen LogP contribution in [0, 0.1) is 5.92 Å². The summed E-state index contributed by atoms with van der Waals surface area (Å²) in [5.74, 6) is 0.0563. The minimum absolute atomic E-state index is 0.0513. The second-order valence-corrected chi connectivity index (χ2v) is 10.8. The van der Waals surface area contributed by atoms with Gasteiger partial charge in [-0.25, -0.2) is 9.78 Å². The Morgan fingerprint density at radius 1 is 0.946 bits per heavy atom. The van der Waals surface area contributed by atoms with Gasteiger partial charge in [0.1, 0.15) is 11.9 Å². The van der Waals surface area contributed by atoms with Crippen molar-refractivity contribution in [3.8, 4) is 0 Å². The highest BCUT2D eigenvalue weighted by Crippen LogP contribution is 2.31. The summed E-state index contributed by atoms with van der Waals surface area (Å²) in [5.41, 5.74) is 7.76. The van der Waals surface area contributed by atoms with E-state index in [0.717, 1.165) is 61.5 Å². The first-order valence-corrected chi connectivity index (χ1v) is 13.8. The number of urea groups is 1. The smallest absolute Gasteiger partial charge is 0.318 e. The number of halogens is 1. The van der Waals surface area contributed by atoms with Gasteiger partial charge in [-0.2, -0.15) is 0 Å². The quantitative estimate of drug-likeness (QED) is 0.588. The maximum atomic E-state index is 13.3. The van der Waals surface area contributed by atoms with Crippen LogP contribution < -0.4 is 16.0 Å². The highest BCUT2D eigenvalue weighted by molar-refractivity contribution is 6.31. The third kappa shape index (κ3) is 5.61. The molecule has 1 aromatic heterocycles. The molecule has 2 aromatic rings. The zero-order valence-electron chi connectivity index (χ0n) is 21.1. The molecule has 37 heavy (non-hydrogen) atoms. The summed E-state index contributed by atoms with van der Waals surface area (Å²) in [4.78, 5) is 49.3. The third-order valence-electron chi connectivity index (χ3n) is 7.88.